The molecule has 1 radical (unpaired) electrons. The van der Waals surface area contributed by atoms with E-state index in [1.807, 2.05) is 12.2 Å². The third-order valence-electron chi connectivity index (χ3n) is 1.46. The number of rotatable bonds is 0. The molecule has 0 amide bonds. The van der Waals surface area contributed by atoms with Crippen LogP contribution >= 0.6 is 0 Å². The van der Waals surface area contributed by atoms with Crippen molar-refractivity contribution < 1.29 is 4.74 Å². The van der Waals surface area contributed by atoms with Crippen LogP contribution in [0.2, 0.25) is 0 Å². The zero-order valence-corrected chi connectivity index (χ0v) is 5.34. The Labute approximate surface area is 59.1 Å². The van der Waals surface area contributed by atoms with Crippen LogP contribution in [0.4, 0.5) is 0 Å². The van der Waals surface area contributed by atoms with Crippen molar-refractivity contribution in [2.45, 2.75) is 12.3 Å². The van der Waals surface area contributed by atoms with E-state index >= 15 is 0 Å². The van der Waals surface area contributed by atoms with Crippen LogP contribution in [0.15, 0.2) is 29.6 Å². The average molecular weight is 135 g/mol. The van der Waals surface area contributed by atoms with Gasteiger partial charge in [-0.3, -0.25) is 5.32 Å². The molecule has 2 aliphatic heterocycles. The highest BCUT2D eigenvalue weighted by molar-refractivity contribution is 5.72. The van der Waals surface area contributed by atoms with Crippen LogP contribution in [0.3, 0.4) is 0 Å². The molecule has 2 heterocycles. The lowest BCUT2D eigenvalue weighted by atomic mass is 10.2. The van der Waals surface area contributed by atoms with Crippen LogP contribution in [0.1, 0.15) is 0 Å². The summed E-state index contributed by atoms with van der Waals surface area (Å²) in [6.45, 7) is 0. The molecule has 0 fully saturated rings. The van der Waals surface area contributed by atoms with Gasteiger partial charge in [-0.15, -0.1) is 0 Å². The smallest absolute Gasteiger partial charge is 0.214 e. The van der Waals surface area contributed by atoms with E-state index in [1.54, 1.807) is 18.7 Å². The fourth-order valence-corrected chi connectivity index (χ4v) is 0.970. The van der Waals surface area contributed by atoms with Crippen molar-refractivity contribution in [1.29, 1.82) is 0 Å². The minimum absolute atomic E-state index is 0.0926. The van der Waals surface area contributed by atoms with Gasteiger partial charge in [0, 0.05) is 6.21 Å². The topological polar surface area (TPSA) is 35.7 Å². The first-order valence-electron chi connectivity index (χ1n) is 3.17. The lowest BCUT2D eigenvalue weighted by molar-refractivity contribution is 0.114. The van der Waals surface area contributed by atoms with E-state index in [4.69, 9.17) is 4.74 Å². The van der Waals surface area contributed by atoms with Gasteiger partial charge in [0.15, 0.2) is 0 Å². The van der Waals surface area contributed by atoms with Crippen LogP contribution in [0.25, 0.3) is 0 Å². The third kappa shape index (κ3) is 0.795. The number of dihydropyridines is 1. The molecular formula is C7H7N2O. The molecule has 2 atom stereocenters. The second kappa shape index (κ2) is 2.17. The first-order valence-corrected chi connectivity index (χ1v) is 3.17. The van der Waals surface area contributed by atoms with Gasteiger partial charge in [-0.1, -0.05) is 6.08 Å². The Bertz CT molecular complexity index is 186. The maximum Gasteiger partial charge on any atom is 0.214 e. The highest BCUT2D eigenvalue weighted by Crippen LogP contribution is 2.11. The van der Waals surface area contributed by atoms with E-state index in [0.717, 1.165) is 0 Å². The summed E-state index contributed by atoms with van der Waals surface area (Å²) in [6, 6.07) is 0.0926. The standard InChI is InChI=1S/C7H7N2O/c1-2-6-7(9-3-1)10-5-4-8-6/h1-7H. The van der Waals surface area contributed by atoms with Crippen LogP contribution in [-0.4, -0.2) is 18.5 Å². The average Bonchev–Trinajstić information content (AvgIpc) is 2.05. The number of hydrogen-bond donors (Lipinski definition) is 0. The third-order valence-corrected chi connectivity index (χ3v) is 1.46. The van der Waals surface area contributed by atoms with Gasteiger partial charge in [0.05, 0.1) is 6.20 Å². The van der Waals surface area contributed by atoms with E-state index in [2.05, 4.69) is 10.3 Å². The molecule has 0 aromatic rings. The van der Waals surface area contributed by atoms with Crippen LogP contribution in [-0.2, 0) is 4.74 Å². The van der Waals surface area contributed by atoms with E-state index in [0.29, 0.717) is 0 Å². The van der Waals surface area contributed by atoms with Gasteiger partial charge < -0.3 is 4.74 Å². The van der Waals surface area contributed by atoms with E-state index in [9.17, 15) is 0 Å². The first-order chi connectivity index (χ1) is 4.97. The van der Waals surface area contributed by atoms with Crippen LogP contribution in [0.5, 0.6) is 0 Å². The fraction of sp³-hybridized carbons (Fsp3) is 0.286. The number of aliphatic imine (C=N–C) groups is 1. The predicted octanol–water partition coefficient (Wildman–Crippen LogP) is 0.427. The summed E-state index contributed by atoms with van der Waals surface area (Å²) in [5.74, 6) is 0. The highest BCUT2D eigenvalue weighted by Gasteiger charge is 2.22. The molecular weight excluding hydrogens is 128 g/mol. The van der Waals surface area contributed by atoms with Crippen molar-refractivity contribution >= 4 is 6.21 Å². The lowest BCUT2D eigenvalue weighted by Crippen LogP contribution is -2.35. The second-order valence-corrected chi connectivity index (χ2v) is 2.13. The van der Waals surface area contributed by atoms with Gasteiger partial charge in [0.25, 0.3) is 0 Å². The van der Waals surface area contributed by atoms with Gasteiger partial charge in [0.2, 0.25) is 6.23 Å². The van der Waals surface area contributed by atoms with Gasteiger partial charge >= 0.3 is 0 Å². The van der Waals surface area contributed by atoms with Crippen molar-refractivity contribution in [3.05, 3.63) is 24.6 Å². The molecule has 2 aliphatic rings. The molecule has 0 aromatic heterocycles. The Morgan fingerprint density at radius 2 is 2.40 bits per heavy atom. The minimum Gasteiger partial charge on any atom is -0.472 e. The molecule has 3 nitrogen and oxygen atoms in total. The maximum atomic E-state index is 5.16. The van der Waals surface area contributed by atoms with Crippen molar-refractivity contribution in [3.63, 3.8) is 0 Å². The number of fused-ring (bicyclic) bond motifs is 1. The Morgan fingerprint density at radius 1 is 1.40 bits per heavy atom. The summed E-state index contributed by atoms with van der Waals surface area (Å²) < 4.78 is 5.16. The molecule has 3 heteroatoms. The molecule has 0 saturated heterocycles. The van der Waals surface area contributed by atoms with Crippen LogP contribution in [0, 0.1) is 0 Å². The van der Waals surface area contributed by atoms with Crippen molar-refractivity contribution in [2.75, 3.05) is 0 Å². The number of nitrogens with zero attached hydrogens (tertiary/aromatic N) is 2. The summed E-state index contributed by atoms with van der Waals surface area (Å²) in [7, 11) is 0. The number of allylic oxidation sites excluding steroid dienone is 1. The van der Waals surface area contributed by atoms with Gasteiger partial charge in [-0.2, -0.15) is 0 Å². The van der Waals surface area contributed by atoms with Gasteiger partial charge in [-0.05, 0) is 6.08 Å². The largest absolute Gasteiger partial charge is 0.472 e. The molecule has 0 saturated carbocycles. The second-order valence-electron chi connectivity index (χ2n) is 2.13. The van der Waals surface area contributed by atoms with Gasteiger partial charge in [-0.25, -0.2) is 4.99 Å². The highest BCUT2D eigenvalue weighted by atomic mass is 16.5. The molecule has 0 spiro atoms. The van der Waals surface area contributed by atoms with Crippen molar-refractivity contribution in [3.8, 4) is 0 Å². The molecule has 2 unspecified atom stereocenters. The summed E-state index contributed by atoms with van der Waals surface area (Å²) in [4.78, 5) is 4.07. The fourth-order valence-electron chi connectivity index (χ4n) is 0.970. The van der Waals surface area contributed by atoms with Gasteiger partial charge in [0.1, 0.15) is 12.3 Å². The Kier molecular flexibility index (Phi) is 1.20. The van der Waals surface area contributed by atoms with E-state index < -0.39 is 0 Å². The Morgan fingerprint density at radius 3 is 3.30 bits per heavy atom. The minimum atomic E-state index is -0.116. The SMILES string of the molecule is C1=CC2[N]C=COC2N=C1. The summed E-state index contributed by atoms with van der Waals surface area (Å²) in [5.41, 5.74) is 0. The first kappa shape index (κ1) is 5.53. The summed E-state index contributed by atoms with van der Waals surface area (Å²) in [5, 5.41) is 4.15. The predicted molar refractivity (Wildman–Crippen MR) is 37.6 cm³/mol. The quantitative estimate of drug-likeness (QED) is 0.474. The van der Waals surface area contributed by atoms with E-state index in [-0.39, 0.29) is 12.3 Å². The number of ether oxygens (including phenoxy) is 1. The molecule has 10 heavy (non-hydrogen) atoms. The molecule has 51 valence electrons. The molecule has 0 aliphatic carbocycles. The summed E-state index contributed by atoms with van der Waals surface area (Å²) >= 11 is 0. The van der Waals surface area contributed by atoms with Crippen molar-refractivity contribution in [2.24, 2.45) is 4.99 Å². The molecule has 2 rings (SSSR count). The van der Waals surface area contributed by atoms with E-state index in [1.165, 1.54) is 0 Å². The van der Waals surface area contributed by atoms with Crippen molar-refractivity contribution in [1.82, 2.24) is 5.32 Å². The lowest BCUT2D eigenvalue weighted by Gasteiger charge is -2.24. The molecule has 0 bridgehead atoms. The summed E-state index contributed by atoms with van der Waals surface area (Å²) in [6.07, 6.45) is 8.70. The Balaban J connectivity index is 2.19. The zero-order chi connectivity index (χ0) is 6.81. The Hall–Kier alpha value is -1.25. The molecule has 0 aromatic carbocycles. The molecule has 0 N–H and O–H groups in total. The maximum absolute atomic E-state index is 5.16. The van der Waals surface area contributed by atoms with Crippen LogP contribution < -0.4 is 5.32 Å². The number of hydrogen-bond acceptors (Lipinski definition) is 2. The monoisotopic (exact) mass is 135 g/mol. The normalized spacial score (nSPS) is 34.4. The zero-order valence-electron chi connectivity index (χ0n) is 5.34.